The van der Waals surface area contributed by atoms with Crippen molar-refractivity contribution < 1.29 is 19.1 Å². The average molecular weight is 386 g/mol. The molecule has 2 atom stereocenters. The summed E-state index contributed by atoms with van der Waals surface area (Å²) in [7, 11) is 0. The minimum atomic E-state index is -0.592. The number of pyridine rings is 1. The number of carbonyl (C=O) groups excluding carboxylic acids is 2. The fourth-order valence-electron chi connectivity index (χ4n) is 3.51. The maximum atomic E-state index is 13.0. The molecule has 3 rings (SSSR count). The Balaban J connectivity index is 1.59. The van der Waals surface area contributed by atoms with Gasteiger partial charge in [-0.15, -0.1) is 0 Å². The van der Waals surface area contributed by atoms with Crippen LogP contribution in [0.4, 0.5) is 4.79 Å². The molecule has 2 fully saturated rings. The molecule has 0 aliphatic carbocycles. The first-order valence-corrected chi connectivity index (χ1v) is 9.58. The highest BCUT2D eigenvalue weighted by Gasteiger charge is 2.40. The van der Waals surface area contributed by atoms with E-state index in [0.717, 1.165) is 6.42 Å². The van der Waals surface area contributed by atoms with E-state index in [1.807, 2.05) is 20.8 Å². The molecule has 2 unspecified atom stereocenters. The lowest BCUT2D eigenvalue weighted by molar-refractivity contribution is -0.135. The Hall–Kier alpha value is -2.82. The molecule has 0 bridgehead atoms. The maximum Gasteiger partial charge on any atom is 0.410 e. The second-order valence-electron chi connectivity index (χ2n) is 8.14. The zero-order chi connectivity index (χ0) is 20.3. The molecule has 1 aromatic rings. The average Bonchev–Trinajstić information content (AvgIpc) is 3.29. The third-order valence-corrected chi connectivity index (χ3v) is 4.77. The number of likely N-dealkylation sites (tertiary alicyclic amines) is 2. The van der Waals surface area contributed by atoms with Crippen LogP contribution in [-0.2, 0) is 9.53 Å². The van der Waals surface area contributed by atoms with E-state index in [4.69, 9.17) is 14.7 Å². The second-order valence-corrected chi connectivity index (χ2v) is 8.14. The maximum absolute atomic E-state index is 13.0. The van der Waals surface area contributed by atoms with Gasteiger partial charge in [0.25, 0.3) is 0 Å². The van der Waals surface area contributed by atoms with Crippen LogP contribution in [0.1, 0.15) is 45.6 Å². The lowest BCUT2D eigenvalue weighted by Crippen LogP contribution is -2.48. The van der Waals surface area contributed by atoms with Crippen LogP contribution in [0.5, 0.6) is 5.88 Å². The van der Waals surface area contributed by atoms with Gasteiger partial charge < -0.3 is 14.4 Å². The van der Waals surface area contributed by atoms with Crippen molar-refractivity contribution in [2.24, 2.45) is 0 Å². The van der Waals surface area contributed by atoms with Crippen LogP contribution in [-0.4, -0.2) is 64.2 Å². The summed E-state index contributed by atoms with van der Waals surface area (Å²) >= 11 is 0. The van der Waals surface area contributed by atoms with Crippen LogP contribution >= 0.6 is 0 Å². The third-order valence-electron chi connectivity index (χ3n) is 4.77. The molecule has 0 radical (unpaired) electrons. The zero-order valence-electron chi connectivity index (χ0n) is 16.6. The van der Waals surface area contributed by atoms with Crippen LogP contribution < -0.4 is 4.74 Å². The first-order chi connectivity index (χ1) is 13.3. The van der Waals surface area contributed by atoms with Crippen molar-refractivity contribution in [3.63, 3.8) is 0 Å². The molecule has 0 N–H and O–H groups in total. The summed E-state index contributed by atoms with van der Waals surface area (Å²) in [6.45, 7) is 6.99. The second kappa shape index (κ2) is 8.05. The van der Waals surface area contributed by atoms with E-state index in [1.54, 1.807) is 21.9 Å². The van der Waals surface area contributed by atoms with Gasteiger partial charge in [0.15, 0.2) is 0 Å². The lowest BCUT2D eigenvalue weighted by atomic mass is 10.2. The topological polar surface area (TPSA) is 95.8 Å². The number of carbonyl (C=O) groups is 2. The van der Waals surface area contributed by atoms with E-state index in [-0.39, 0.29) is 12.0 Å². The number of hydrogen-bond donors (Lipinski definition) is 0. The third kappa shape index (κ3) is 4.71. The molecule has 0 saturated carbocycles. The molecule has 150 valence electrons. The summed E-state index contributed by atoms with van der Waals surface area (Å²) in [6.07, 6.45) is 3.03. The van der Waals surface area contributed by atoms with Crippen molar-refractivity contribution in [3.05, 3.63) is 23.9 Å². The Morgan fingerprint density at radius 2 is 2.07 bits per heavy atom. The van der Waals surface area contributed by atoms with Gasteiger partial charge in [0, 0.05) is 31.8 Å². The molecule has 2 aliphatic rings. The van der Waals surface area contributed by atoms with Crippen molar-refractivity contribution in [3.8, 4) is 11.9 Å². The first kappa shape index (κ1) is 19.9. The minimum Gasteiger partial charge on any atom is -0.472 e. The summed E-state index contributed by atoms with van der Waals surface area (Å²) in [6, 6.07) is 4.78. The monoisotopic (exact) mass is 386 g/mol. The quantitative estimate of drug-likeness (QED) is 0.791. The van der Waals surface area contributed by atoms with E-state index < -0.39 is 17.7 Å². The molecule has 2 aliphatic heterocycles. The van der Waals surface area contributed by atoms with Crippen molar-refractivity contribution >= 4 is 12.0 Å². The Labute approximate surface area is 165 Å². The lowest BCUT2D eigenvalue weighted by Gasteiger charge is -2.30. The van der Waals surface area contributed by atoms with Gasteiger partial charge in [0.05, 0.1) is 18.2 Å². The van der Waals surface area contributed by atoms with Crippen LogP contribution in [0.25, 0.3) is 0 Å². The van der Waals surface area contributed by atoms with Gasteiger partial charge in [0.1, 0.15) is 17.7 Å². The smallest absolute Gasteiger partial charge is 0.410 e. The fourth-order valence-corrected chi connectivity index (χ4v) is 3.51. The molecule has 3 heterocycles. The van der Waals surface area contributed by atoms with Gasteiger partial charge in [-0.2, -0.15) is 5.26 Å². The summed E-state index contributed by atoms with van der Waals surface area (Å²) in [4.78, 5) is 32.8. The van der Waals surface area contributed by atoms with Gasteiger partial charge in [-0.1, -0.05) is 0 Å². The van der Waals surface area contributed by atoms with Crippen LogP contribution in [0.15, 0.2) is 18.3 Å². The van der Waals surface area contributed by atoms with Crippen molar-refractivity contribution in [1.82, 2.24) is 14.8 Å². The summed E-state index contributed by atoms with van der Waals surface area (Å²) in [5.41, 5.74) is -0.111. The number of ether oxygens (including phenoxy) is 2. The van der Waals surface area contributed by atoms with Gasteiger partial charge in [-0.25, -0.2) is 9.78 Å². The highest BCUT2D eigenvalue weighted by atomic mass is 16.6. The van der Waals surface area contributed by atoms with Gasteiger partial charge in [-0.3, -0.25) is 9.69 Å². The normalized spacial score (nSPS) is 22.1. The summed E-state index contributed by atoms with van der Waals surface area (Å²) in [5.74, 6) is 0.322. The molecule has 1 aromatic heterocycles. The van der Waals surface area contributed by atoms with E-state index >= 15 is 0 Å². The largest absolute Gasteiger partial charge is 0.472 e. The molecule has 2 amide bonds. The molecule has 0 aromatic carbocycles. The summed E-state index contributed by atoms with van der Waals surface area (Å²) in [5, 5.41) is 8.97. The fraction of sp³-hybridized carbons (Fsp3) is 0.600. The molecule has 2 saturated heterocycles. The molecule has 8 heteroatoms. The number of amides is 2. The van der Waals surface area contributed by atoms with Crippen LogP contribution in [0.3, 0.4) is 0 Å². The number of nitriles is 1. The van der Waals surface area contributed by atoms with Crippen LogP contribution in [0.2, 0.25) is 0 Å². The molecule has 8 nitrogen and oxygen atoms in total. The Morgan fingerprint density at radius 1 is 1.29 bits per heavy atom. The van der Waals surface area contributed by atoms with Crippen molar-refractivity contribution in [2.75, 3.05) is 19.6 Å². The Kier molecular flexibility index (Phi) is 5.73. The molecule has 0 spiro atoms. The minimum absolute atomic E-state index is 0.0619. The van der Waals surface area contributed by atoms with Crippen molar-refractivity contribution in [1.29, 1.82) is 5.26 Å². The van der Waals surface area contributed by atoms with Crippen molar-refractivity contribution in [2.45, 2.75) is 57.8 Å². The number of nitrogens with zero attached hydrogens (tertiary/aromatic N) is 4. The van der Waals surface area contributed by atoms with Gasteiger partial charge >= 0.3 is 6.09 Å². The number of rotatable bonds is 3. The van der Waals surface area contributed by atoms with Gasteiger partial charge in [-0.05, 0) is 39.7 Å². The predicted octanol–water partition coefficient (Wildman–Crippen LogP) is 2.33. The Morgan fingerprint density at radius 3 is 2.79 bits per heavy atom. The van der Waals surface area contributed by atoms with E-state index in [0.29, 0.717) is 43.9 Å². The van der Waals surface area contributed by atoms with E-state index in [2.05, 4.69) is 11.1 Å². The number of aromatic nitrogens is 1. The molecular weight excluding hydrogens is 360 g/mol. The standard InChI is InChI=1S/C20H26N4O4/c1-20(2,3)28-19(26)24-9-4-5-16(24)18(25)23-10-7-15(13-23)27-17-11-14(12-21)6-8-22-17/h6,8,11,15-16H,4-5,7,9-10,13H2,1-3H3. The van der Waals surface area contributed by atoms with Gasteiger partial charge in [0.2, 0.25) is 11.8 Å². The molecular formula is C20H26N4O4. The number of hydrogen-bond acceptors (Lipinski definition) is 6. The SMILES string of the molecule is CC(C)(C)OC(=O)N1CCCC1C(=O)N1CCC(Oc2cc(C#N)ccn2)C1. The van der Waals surface area contributed by atoms with Crippen LogP contribution in [0, 0.1) is 11.3 Å². The highest BCUT2D eigenvalue weighted by Crippen LogP contribution is 2.25. The zero-order valence-corrected chi connectivity index (χ0v) is 16.6. The van der Waals surface area contributed by atoms with E-state index in [1.165, 1.54) is 6.20 Å². The Bertz CT molecular complexity index is 783. The predicted molar refractivity (Wildman–Crippen MR) is 101 cm³/mol. The first-order valence-electron chi connectivity index (χ1n) is 9.58. The highest BCUT2D eigenvalue weighted by molar-refractivity contribution is 5.86. The summed E-state index contributed by atoms with van der Waals surface area (Å²) < 4.78 is 11.3. The molecule has 28 heavy (non-hydrogen) atoms. The van der Waals surface area contributed by atoms with E-state index in [9.17, 15) is 9.59 Å².